The Morgan fingerprint density at radius 3 is 2.65 bits per heavy atom. The molecule has 1 aliphatic heterocycles. The van der Waals surface area contributed by atoms with Crippen molar-refractivity contribution in [2.75, 3.05) is 26.7 Å². The Bertz CT molecular complexity index is 945. The Morgan fingerprint density at radius 1 is 1.16 bits per heavy atom. The van der Waals surface area contributed by atoms with Crippen LogP contribution in [0.2, 0.25) is 0 Å². The van der Waals surface area contributed by atoms with E-state index < -0.39 is 0 Å². The second kappa shape index (κ2) is 11.9. The van der Waals surface area contributed by atoms with Crippen LogP contribution in [-0.4, -0.2) is 47.6 Å². The van der Waals surface area contributed by atoms with Gasteiger partial charge in [0.1, 0.15) is 5.82 Å². The van der Waals surface area contributed by atoms with Gasteiger partial charge in [0, 0.05) is 26.1 Å². The zero-order valence-corrected chi connectivity index (χ0v) is 20.2. The highest BCUT2D eigenvalue weighted by atomic mass is 127. The topological polar surface area (TPSA) is 65.5 Å². The van der Waals surface area contributed by atoms with Gasteiger partial charge in [0.2, 0.25) is 0 Å². The molecule has 3 aromatic rings. The fourth-order valence-corrected chi connectivity index (χ4v) is 3.79. The van der Waals surface area contributed by atoms with Gasteiger partial charge in [-0.05, 0) is 17.5 Å². The van der Waals surface area contributed by atoms with Crippen LogP contribution in [0.15, 0.2) is 71.9 Å². The van der Waals surface area contributed by atoms with Gasteiger partial charge in [0.25, 0.3) is 0 Å². The second-order valence-electron chi connectivity index (χ2n) is 7.61. The Morgan fingerprint density at radius 2 is 1.90 bits per heavy atom. The summed E-state index contributed by atoms with van der Waals surface area (Å²) in [7, 11) is 1.83. The Balaban J connectivity index is 0.00000272. The average molecular weight is 531 g/mol. The Hall–Kier alpha value is -2.39. The predicted molar refractivity (Wildman–Crippen MR) is 135 cm³/mol. The van der Waals surface area contributed by atoms with Crippen LogP contribution < -0.4 is 5.32 Å². The van der Waals surface area contributed by atoms with Gasteiger partial charge < -0.3 is 19.9 Å². The number of nitrogens with one attached hydrogen (secondary N) is 2. The molecule has 2 aromatic carbocycles. The van der Waals surface area contributed by atoms with E-state index in [1.54, 1.807) is 0 Å². The van der Waals surface area contributed by atoms with Gasteiger partial charge in [-0.15, -0.1) is 24.0 Å². The minimum Gasteiger partial charge on any atom is -0.376 e. The van der Waals surface area contributed by atoms with Gasteiger partial charge in [-0.3, -0.25) is 4.99 Å². The molecule has 4 rings (SSSR count). The van der Waals surface area contributed by atoms with E-state index in [1.165, 1.54) is 5.56 Å². The number of imidazole rings is 1. The molecular formula is C24H30IN5O. The van der Waals surface area contributed by atoms with Crippen molar-refractivity contribution in [3.05, 3.63) is 78.2 Å². The molecule has 0 aliphatic carbocycles. The van der Waals surface area contributed by atoms with Crippen molar-refractivity contribution in [2.45, 2.75) is 19.6 Å². The van der Waals surface area contributed by atoms with E-state index in [4.69, 9.17) is 4.74 Å². The highest BCUT2D eigenvalue weighted by Gasteiger charge is 2.25. The van der Waals surface area contributed by atoms with Crippen LogP contribution in [0.4, 0.5) is 0 Å². The third-order valence-corrected chi connectivity index (χ3v) is 5.39. The van der Waals surface area contributed by atoms with E-state index in [0.29, 0.717) is 19.1 Å². The second-order valence-corrected chi connectivity index (χ2v) is 7.61. The number of hydrogen-bond acceptors (Lipinski definition) is 3. The van der Waals surface area contributed by atoms with Gasteiger partial charge in [-0.2, -0.15) is 0 Å². The fraction of sp³-hybridized carbons (Fsp3) is 0.333. The maximum atomic E-state index is 5.94. The van der Waals surface area contributed by atoms with Crippen LogP contribution in [0.3, 0.4) is 0 Å². The molecule has 7 heteroatoms. The maximum Gasteiger partial charge on any atom is 0.194 e. The number of rotatable bonds is 7. The van der Waals surface area contributed by atoms with E-state index >= 15 is 0 Å². The van der Waals surface area contributed by atoms with Crippen molar-refractivity contribution < 1.29 is 4.74 Å². The van der Waals surface area contributed by atoms with Crippen molar-refractivity contribution in [2.24, 2.45) is 10.9 Å². The molecule has 1 atom stereocenters. The summed E-state index contributed by atoms with van der Waals surface area (Å²) in [5.41, 5.74) is 3.39. The van der Waals surface area contributed by atoms with Gasteiger partial charge in [-0.25, -0.2) is 4.98 Å². The number of benzene rings is 2. The van der Waals surface area contributed by atoms with E-state index in [2.05, 4.69) is 49.4 Å². The number of aromatic nitrogens is 2. The zero-order valence-electron chi connectivity index (χ0n) is 17.8. The van der Waals surface area contributed by atoms with E-state index in [0.717, 1.165) is 49.2 Å². The number of likely N-dealkylation sites (tertiary alicyclic amines) is 1. The van der Waals surface area contributed by atoms with Gasteiger partial charge in [-0.1, -0.05) is 60.7 Å². The van der Waals surface area contributed by atoms with Gasteiger partial charge in [0.05, 0.1) is 31.6 Å². The molecule has 0 bridgehead atoms. The summed E-state index contributed by atoms with van der Waals surface area (Å²) in [6.07, 6.45) is 3.00. The third-order valence-electron chi connectivity index (χ3n) is 5.39. The summed E-state index contributed by atoms with van der Waals surface area (Å²) < 4.78 is 5.94. The molecule has 1 unspecified atom stereocenters. The molecule has 1 aromatic heterocycles. The summed E-state index contributed by atoms with van der Waals surface area (Å²) in [5, 5.41) is 3.44. The van der Waals surface area contributed by atoms with Gasteiger partial charge in [0.15, 0.2) is 5.96 Å². The first-order chi connectivity index (χ1) is 14.8. The normalized spacial score (nSPS) is 16.2. The molecule has 1 saturated heterocycles. The SMILES string of the molecule is CN=C(NCc1ncc(-c2ccccc2)[nH]1)N1CCC(COCc2ccccc2)C1.I. The summed E-state index contributed by atoms with van der Waals surface area (Å²) in [5.74, 6) is 2.34. The molecule has 0 radical (unpaired) electrons. The lowest BCUT2D eigenvalue weighted by atomic mass is 10.1. The average Bonchev–Trinajstić information content (AvgIpc) is 3.46. The first-order valence-corrected chi connectivity index (χ1v) is 10.5. The number of guanidine groups is 1. The molecule has 0 spiro atoms. The largest absolute Gasteiger partial charge is 0.376 e. The minimum atomic E-state index is 0. The molecule has 1 fully saturated rings. The number of nitrogens with zero attached hydrogens (tertiary/aromatic N) is 3. The molecule has 164 valence electrons. The minimum absolute atomic E-state index is 0. The smallest absolute Gasteiger partial charge is 0.194 e. The van der Waals surface area contributed by atoms with Crippen molar-refractivity contribution >= 4 is 29.9 Å². The van der Waals surface area contributed by atoms with Crippen LogP contribution in [0.1, 0.15) is 17.8 Å². The number of halogens is 1. The van der Waals surface area contributed by atoms with Crippen LogP contribution in [0.25, 0.3) is 11.3 Å². The highest BCUT2D eigenvalue weighted by Crippen LogP contribution is 2.18. The van der Waals surface area contributed by atoms with Crippen LogP contribution in [-0.2, 0) is 17.9 Å². The Labute approximate surface area is 201 Å². The number of ether oxygens (including phenoxy) is 1. The quantitative estimate of drug-likeness (QED) is 0.271. The van der Waals surface area contributed by atoms with Crippen molar-refractivity contribution in [3.63, 3.8) is 0 Å². The standard InChI is InChI=1S/C24H29N5O.HI/c1-25-24(27-15-23-26-14-22(28-23)21-10-6-3-7-11-21)29-13-12-20(16-29)18-30-17-19-8-4-2-5-9-19;/h2-11,14,20H,12-13,15-18H2,1H3,(H,25,27)(H,26,28);1H. The third kappa shape index (κ3) is 6.54. The first-order valence-electron chi connectivity index (χ1n) is 10.5. The highest BCUT2D eigenvalue weighted by molar-refractivity contribution is 14.0. The summed E-state index contributed by atoms with van der Waals surface area (Å²) in [6.45, 7) is 4.02. The fourth-order valence-electron chi connectivity index (χ4n) is 3.79. The molecule has 0 saturated carbocycles. The van der Waals surface area contributed by atoms with Crippen LogP contribution in [0.5, 0.6) is 0 Å². The summed E-state index contributed by atoms with van der Waals surface area (Å²) >= 11 is 0. The van der Waals surface area contributed by atoms with Gasteiger partial charge >= 0.3 is 0 Å². The maximum absolute atomic E-state index is 5.94. The van der Waals surface area contributed by atoms with E-state index in [9.17, 15) is 0 Å². The van der Waals surface area contributed by atoms with Crippen LogP contribution >= 0.6 is 24.0 Å². The molecule has 2 heterocycles. The van der Waals surface area contributed by atoms with E-state index in [-0.39, 0.29) is 24.0 Å². The predicted octanol–water partition coefficient (Wildman–Crippen LogP) is 4.31. The number of hydrogen-bond donors (Lipinski definition) is 2. The molecule has 2 N–H and O–H groups in total. The van der Waals surface area contributed by atoms with Crippen molar-refractivity contribution in [3.8, 4) is 11.3 Å². The summed E-state index contributed by atoms with van der Waals surface area (Å²) in [6, 6.07) is 20.6. The number of aliphatic imine (C=N–C) groups is 1. The lowest BCUT2D eigenvalue weighted by molar-refractivity contribution is 0.0906. The lowest BCUT2D eigenvalue weighted by Gasteiger charge is -2.21. The molecule has 1 aliphatic rings. The van der Waals surface area contributed by atoms with E-state index in [1.807, 2.05) is 49.6 Å². The molecule has 0 amide bonds. The Kier molecular flexibility index (Phi) is 8.90. The van der Waals surface area contributed by atoms with Crippen LogP contribution in [0, 0.1) is 5.92 Å². The lowest BCUT2D eigenvalue weighted by Crippen LogP contribution is -2.40. The zero-order chi connectivity index (χ0) is 20.6. The summed E-state index contributed by atoms with van der Waals surface area (Å²) in [4.78, 5) is 14.6. The van der Waals surface area contributed by atoms with Crippen molar-refractivity contribution in [1.29, 1.82) is 0 Å². The molecule has 31 heavy (non-hydrogen) atoms. The molecule has 6 nitrogen and oxygen atoms in total. The number of H-pyrrole nitrogens is 1. The van der Waals surface area contributed by atoms with Crippen molar-refractivity contribution in [1.82, 2.24) is 20.2 Å². The number of aromatic amines is 1. The first kappa shape index (κ1) is 23.3. The molecular weight excluding hydrogens is 501 g/mol. The monoisotopic (exact) mass is 531 g/mol.